The van der Waals surface area contributed by atoms with Gasteiger partial charge in [-0.1, -0.05) is 35.9 Å². The minimum Gasteiger partial charge on any atom is -0.334 e. The lowest BCUT2D eigenvalue weighted by atomic mass is 9.95. The fourth-order valence-electron chi connectivity index (χ4n) is 5.12. The number of aryl methyl sites for hydroxylation is 2. The van der Waals surface area contributed by atoms with Crippen LogP contribution in [0.15, 0.2) is 60.1 Å². The number of fused-ring (bicyclic) bond motifs is 5. The highest BCUT2D eigenvalue weighted by molar-refractivity contribution is 7.15. The van der Waals surface area contributed by atoms with Crippen LogP contribution in [0.5, 0.6) is 0 Å². The molecule has 1 aliphatic heterocycles. The van der Waals surface area contributed by atoms with E-state index in [1.165, 1.54) is 50.0 Å². The van der Waals surface area contributed by atoms with Crippen molar-refractivity contribution in [2.75, 3.05) is 0 Å². The van der Waals surface area contributed by atoms with Gasteiger partial charge in [0.1, 0.15) is 11.0 Å². The monoisotopic (exact) mass is 473 g/mol. The van der Waals surface area contributed by atoms with Crippen molar-refractivity contribution in [3.63, 3.8) is 0 Å². The molecule has 0 spiro atoms. The van der Waals surface area contributed by atoms with Gasteiger partial charge < -0.3 is 14.8 Å². The maximum Gasteiger partial charge on any atom is 0.318 e. The van der Waals surface area contributed by atoms with Crippen LogP contribution in [0.3, 0.4) is 0 Å². The van der Waals surface area contributed by atoms with Crippen molar-refractivity contribution in [1.82, 2.24) is 14.8 Å². The van der Waals surface area contributed by atoms with Crippen LogP contribution in [0.1, 0.15) is 56.6 Å². The molecule has 6 heteroatoms. The summed E-state index contributed by atoms with van der Waals surface area (Å²) >= 11 is 3.65. The van der Waals surface area contributed by atoms with E-state index in [9.17, 15) is 4.79 Å². The maximum atomic E-state index is 13.7. The molecule has 4 aromatic rings. The summed E-state index contributed by atoms with van der Waals surface area (Å²) in [5, 5.41) is 6.63. The van der Waals surface area contributed by atoms with E-state index in [0.717, 1.165) is 18.4 Å². The number of hydrogen-bond acceptors (Lipinski definition) is 3. The summed E-state index contributed by atoms with van der Waals surface area (Å²) < 4.78 is 2.34. The van der Waals surface area contributed by atoms with Crippen molar-refractivity contribution < 1.29 is 4.79 Å². The molecule has 1 unspecified atom stereocenters. The average Bonchev–Trinajstić information content (AvgIpc) is 3.58. The Morgan fingerprint density at radius 1 is 1.06 bits per heavy atom. The number of hydrogen-bond donors (Lipinski definition) is 1. The SMILES string of the molecule is Cc1ccc(CNC(=O)N2Cc3c(sc4c3CCCC4)-n3cccc3C2c2cccs2)cc1. The number of benzene rings is 1. The first kappa shape index (κ1) is 20.8. The molecule has 0 radical (unpaired) electrons. The van der Waals surface area contributed by atoms with Crippen LogP contribution in [0.25, 0.3) is 5.00 Å². The summed E-state index contributed by atoms with van der Waals surface area (Å²) in [6, 6.07) is 16.8. The number of carbonyl (C=O) groups is 1. The zero-order valence-corrected chi connectivity index (χ0v) is 20.3. The van der Waals surface area contributed by atoms with Crippen LogP contribution < -0.4 is 5.32 Å². The molecule has 33 heavy (non-hydrogen) atoms. The van der Waals surface area contributed by atoms with Crippen molar-refractivity contribution in [3.05, 3.63) is 97.8 Å². The lowest BCUT2D eigenvalue weighted by Crippen LogP contribution is -2.41. The van der Waals surface area contributed by atoms with Crippen molar-refractivity contribution in [2.24, 2.45) is 0 Å². The molecule has 4 heterocycles. The van der Waals surface area contributed by atoms with E-state index in [2.05, 4.69) is 81.8 Å². The van der Waals surface area contributed by atoms with Crippen LogP contribution >= 0.6 is 22.7 Å². The minimum atomic E-state index is -0.100. The smallest absolute Gasteiger partial charge is 0.318 e. The molecular formula is C27H27N3OS2. The van der Waals surface area contributed by atoms with Gasteiger partial charge in [0.25, 0.3) is 0 Å². The Bertz CT molecular complexity index is 1280. The zero-order chi connectivity index (χ0) is 22.4. The Morgan fingerprint density at radius 3 is 2.73 bits per heavy atom. The van der Waals surface area contributed by atoms with Gasteiger partial charge in [0, 0.05) is 28.1 Å². The van der Waals surface area contributed by atoms with E-state index in [-0.39, 0.29) is 12.1 Å². The summed E-state index contributed by atoms with van der Waals surface area (Å²) in [5.41, 5.74) is 6.35. The Labute approximate surface area is 202 Å². The van der Waals surface area contributed by atoms with Gasteiger partial charge in [-0.2, -0.15) is 0 Å². The maximum absolute atomic E-state index is 13.7. The second-order valence-electron chi connectivity index (χ2n) is 8.99. The van der Waals surface area contributed by atoms with Gasteiger partial charge in [-0.05, 0) is 67.3 Å². The summed E-state index contributed by atoms with van der Waals surface area (Å²) in [6.07, 6.45) is 6.97. The number of carbonyl (C=O) groups excluding carboxylic acids is 1. The standard InChI is InChI=1S/C27H27N3OS2/c1-18-10-12-19(13-11-18)16-28-27(31)30-17-21-20-6-2-3-8-23(20)33-26(21)29-14-4-7-22(29)25(30)24-9-5-15-32-24/h4-5,7,9-15,25H,2-3,6,8,16-17H2,1H3,(H,28,31). The van der Waals surface area contributed by atoms with Gasteiger partial charge in [0.05, 0.1) is 12.2 Å². The van der Waals surface area contributed by atoms with Crippen molar-refractivity contribution in [2.45, 2.75) is 51.7 Å². The lowest BCUT2D eigenvalue weighted by Gasteiger charge is -2.30. The Kier molecular flexibility index (Phi) is 5.35. The number of amides is 2. The van der Waals surface area contributed by atoms with Gasteiger partial charge in [0.2, 0.25) is 0 Å². The summed E-state index contributed by atoms with van der Waals surface area (Å²) in [7, 11) is 0. The molecule has 1 atom stereocenters. The van der Waals surface area contributed by atoms with Gasteiger partial charge in [-0.3, -0.25) is 0 Å². The predicted molar refractivity (Wildman–Crippen MR) is 135 cm³/mol. The molecule has 0 bridgehead atoms. The number of aromatic nitrogens is 1. The fraction of sp³-hybridized carbons (Fsp3) is 0.296. The average molecular weight is 474 g/mol. The highest BCUT2D eigenvalue weighted by Crippen LogP contribution is 2.44. The third-order valence-electron chi connectivity index (χ3n) is 6.82. The molecule has 0 fully saturated rings. The van der Waals surface area contributed by atoms with Crippen LogP contribution in [0.2, 0.25) is 0 Å². The highest BCUT2D eigenvalue weighted by atomic mass is 32.1. The minimum absolute atomic E-state index is 0.00895. The van der Waals surface area contributed by atoms with Gasteiger partial charge >= 0.3 is 6.03 Å². The summed E-state index contributed by atoms with van der Waals surface area (Å²) in [5.74, 6) is 0. The third kappa shape index (κ3) is 3.71. The van der Waals surface area contributed by atoms with E-state index < -0.39 is 0 Å². The zero-order valence-electron chi connectivity index (χ0n) is 18.7. The Hall–Kier alpha value is -2.83. The molecule has 1 aliphatic carbocycles. The highest BCUT2D eigenvalue weighted by Gasteiger charge is 2.36. The van der Waals surface area contributed by atoms with Gasteiger partial charge in [0.15, 0.2) is 0 Å². The van der Waals surface area contributed by atoms with Crippen LogP contribution in [0, 0.1) is 6.92 Å². The first-order chi connectivity index (χ1) is 16.2. The van der Waals surface area contributed by atoms with Gasteiger partial charge in [-0.15, -0.1) is 22.7 Å². The number of urea groups is 1. The van der Waals surface area contributed by atoms with Crippen molar-refractivity contribution in [1.29, 1.82) is 0 Å². The molecule has 2 amide bonds. The number of nitrogens with zero attached hydrogens (tertiary/aromatic N) is 2. The van der Waals surface area contributed by atoms with Gasteiger partial charge in [-0.25, -0.2) is 4.79 Å². The summed E-state index contributed by atoms with van der Waals surface area (Å²) in [4.78, 5) is 18.5. The number of thiophene rings is 2. The molecule has 168 valence electrons. The van der Waals surface area contributed by atoms with Crippen molar-refractivity contribution >= 4 is 28.7 Å². The second-order valence-corrected chi connectivity index (χ2v) is 11.1. The lowest BCUT2D eigenvalue weighted by molar-refractivity contribution is 0.181. The van der Waals surface area contributed by atoms with E-state index in [1.54, 1.807) is 11.3 Å². The molecule has 1 N–H and O–H groups in total. The summed E-state index contributed by atoms with van der Waals surface area (Å²) in [6.45, 7) is 3.26. The normalized spacial score (nSPS) is 17.1. The quantitative estimate of drug-likeness (QED) is 0.357. The predicted octanol–water partition coefficient (Wildman–Crippen LogP) is 6.60. The second kappa shape index (κ2) is 8.50. The Morgan fingerprint density at radius 2 is 1.91 bits per heavy atom. The molecule has 0 saturated carbocycles. The first-order valence-electron chi connectivity index (χ1n) is 11.6. The van der Waals surface area contributed by atoms with Crippen LogP contribution in [-0.4, -0.2) is 15.5 Å². The largest absolute Gasteiger partial charge is 0.334 e. The van der Waals surface area contributed by atoms with Crippen LogP contribution in [0.4, 0.5) is 4.79 Å². The van der Waals surface area contributed by atoms with E-state index >= 15 is 0 Å². The number of rotatable bonds is 3. The molecule has 1 aromatic carbocycles. The molecular weight excluding hydrogens is 446 g/mol. The first-order valence-corrected chi connectivity index (χ1v) is 13.3. The molecule has 6 rings (SSSR count). The molecule has 0 saturated heterocycles. The topological polar surface area (TPSA) is 37.3 Å². The van der Waals surface area contributed by atoms with E-state index in [0.29, 0.717) is 13.1 Å². The van der Waals surface area contributed by atoms with Crippen molar-refractivity contribution in [3.8, 4) is 5.00 Å². The van der Waals surface area contributed by atoms with E-state index in [4.69, 9.17) is 0 Å². The molecule has 2 aliphatic rings. The van der Waals surface area contributed by atoms with Crippen LogP contribution in [-0.2, 0) is 25.9 Å². The molecule has 4 nitrogen and oxygen atoms in total. The third-order valence-corrected chi connectivity index (χ3v) is 9.07. The molecule has 3 aromatic heterocycles. The fourth-order valence-corrected chi connectivity index (χ4v) is 7.37. The Balaban J connectivity index is 1.41. The number of nitrogens with one attached hydrogen (secondary N) is 1. The van der Waals surface area contributed by atoms with E-state index in [1.807, 2.05) is 11.3 Å².